The van der Waals surface area contributed by atoms with Crippen molar-refractivity contribution in [3.05, 3.63) is 101 Å². The van der Waals surface area contributed by atoms with Gasteiger partial charge in [-0.15, -0.1) is 0 Å². The lowest BCUT2D eigenvalue weighted by atomic mass is 9.71. The van der Waals surface area contributed by atoms with Crippen molar-refractivity contribution in [2.24, 2.45) is 0 Å². The number of aromatic nitrogens is 1. The highest BCUT2D eigenvalue weighted by Crippen LogP contribution is 2.41. The van der Waals surface area contributed by atoms with Gasteiger partial charge in [0.2, 0.25) is 0 Å². The summed E-state index contributed by atoms with van der Waals surface area (Å²) in [6.45, 7) is 4.50. The van der Waals surface area contributed by atoms with Gasteiger partial charge in [0.05, 0.1) is 17.3 Å². The van der Waals surface area contributed by atoms with Gasteiger partial charge in [0.15, 0.2) is 0 Å². The van der Waals surface area contributed by atoms with Crippen molar-refractivity contribution in [1.82, 2.24) is 10.3 Å². The number of hydrogen-bond donors (Lipinski definition) is 2. The van der Waals surface area contributed by atoms with Crippen LogP contribution in [0.15, 0.2) is 72.8 Å². The number of hydrogen-bond acceptors (Lipinski definition) is 3. The lowest BCUT2D eigenvalue weighted by Crippen LogP contribution is -2.35. The van der Waals surface area contributed by atoms with E-state index in [1.807, 2.05) is 24.3 Å². The first kappa shape index (κ1) is 26.5. The molecule has 6 heteroatoms. The molecule has 1 atom stereocenters. The van der Waals surface area contributed by atoms with Crippen LogP contribution in [-0.4, -0.2) is 22.0 Å². The van der Waals surface area contributed by atoms with Gasteiger partial charge in [-0.2, -0.15) is 0 Å². The minimum atomic E-state index is -0.815. The molecular formula is C33H33FN2O3. The van der Waals surface area contributed by atoms with Crippen molar-refractivity contribution >= 4 is 22.8 Å². The predicted octanol–water partition coefficient (Wildman–Crippen LogP) is 7.38. The SMILES string of the molecule is CC1(C)CCC(NC(=O)c2ccc3nc(-c4ccc(F)cc4)c(CCCCC(=O)O)cc3c2)c2ccccc21. The molecule has 0 fully saturated rings. The van der Waals surface area contributed by atoms with Crippen LogP contribution in [0.1, 0.15) is 79.0 Å². The summed E-state index contributed by atoms with van der Waals surface area (Å²) in [6.07, 6.45) is 3.86. The van der Waals surface area contributed by atoms with E-state index in [4.69, 9.17) is 10.1 Å². The number of nitrogens with zero attached hydrogens (tertiary/aromatic N) is 1. The van der Waals surface area contributed by atoms with Gasteiger partial charge < -0.3 is 10.4 Å². The number of benzene rings is 3. The highest BCUT2D eigenvalue weighted by molar-refractivity contribution is 5.98. The van der Waals surface area contributed by atoms with Crippen molar-refractivity contribution in [2.75, 3.05) is 0 Å². The molecule has 1 unspecified atom stereocenters. The van der Waals surface area contributed by atoms with E-state index in [1.165, 1.54) is 23.3 Å². The van der Waals surface area contributed by atoms with Crippen LogP contribution in [-0.2, 0) is 16.6 Å². The number of pyridine rings is 1. The zero-order valence-electron chi connectivity index (χ0n) is 22.3. The van der Waals surface area contributed by atoms with Crippen molar-refractivity contribution in [3.8, 4) is 11.3 Å². The van der Waals surface area contributed by atoms with E-state index >= 15 is 0 Å². The largest absolute Gasteiger partial charge is 0.481 e. The number of carbonyl (C=O) groups excluding carboxylic acids is 1. The van der Waals surface area contributed by atoms with Crippen LogP contribution in [0.5, 0.6) is 0 Å². The van der Waals surface area contributed by atoms with Gasteiger partial charge in [-0.1, -0.05) is 38.1 Å². The van der Waals surface area contributed by atoms with Crippen LogP contribution < -0.4 is 5.32 Å². The van der Waals surface area contributed by atoms with Crippen LogP contribution in [0.2, 0.25) is 0 Å². The van der Waals surface area contributed by atoms with Crippen molar-refractivity contribution < 1.29 is 19.1 Å². The molecular weight excluding hydrogens is 491 g/mol. The number of rotatable bonds is 8. The van der Waals surface area contributed by atoms with Crippen LogP contribution in [0.25, 0.3) is 22.2 Å². The fourth-order valence-electron chi connectivity index (χ4n) is 5.61. The number of carboxylic acids is 1. The van der Waals surface area contributed by atoms with E-state index in [0.717, 1.165) is 40.6 Å². The van der Waals surface area contributed by atoms with E-state index < -0.39 is 5.97 Å². The molecule has 0 aliphatic heterocycles. The third-order valence-electron chi connectivity index (χ3n) is 7.79. The standard InChI is InChI=1S/C33H33FN2O3/c1-33(2)18-17-29(26-8-4-5-9-27(26)33)36-32(39)23-13-16-28-24(20-23)19-22(7-3-6-10-30(37)38)31(35-28)21-11-14-25(34)15-12-21/h4-5,8-9,11-16,19-20,29H,3,6-7,10,17-18H2,1-2H3,(H,36,39)(H,37,38). The van der Waals surface area contributed by atoms with Gasteiger partial charge in [0, 0.05) is 22.9 Å². The predicted molar refractivity (Wildman–Crippen MR) is 151 cm³/mol. The van der Waals surface area contributed by atoms with Crippen LogP contribution >= 0.6 is 0 Å². The molecule has 39 heavy (non-hydrogen) atoms. The Labute approximate surface area is 228 Å². The van der Waals surface area contributed by atoms with E-state index in [9.17, 15) is 14.0 Å². The first-order chi connectivity index (χ1) is 18.7. The summed E-state index contributed by atoms with van der Waals surface area (Å²) in [5.41, 5.74) is 6.34. The number of fused-ring (bicyclic) bond motifs is 2. The summed E-state index contributed by atoms with van der Waals surface area (Å²) in [4.78, 5) is 29.2. The Morgan fingerprint density at radius 2 is 1.79 bits per heavy atom. The summed E-state index contributed by atoms with van der Waals surface area (Å²) in [6, 6.07) is 22.1. The minimum absolute atomic E-state index is 0.0406. The molecule has 0 bridgehead atoms. The number of amides is 1. The van der Waals surface area contributed by atoms with E-state index in [1.54, 1.807) is 18.2 Å². The van der Waals surface area contributed by atoms with Crippen molar-refractivity contribution in [1.29, 1.82) is 0 Å². The second kappa shape index (κ2) is 11.0. The second-order valence-electron chi connectivity index (χ2n) is 11.0. The molecule has 200 valence electrons. The fraction of sp³-hybridized carbons (Fsp3) is 0.303. The first-order valence-corrected chi connectivity index (χ1v) is 13.5. The number of carboxylic acid groups (broad SMARTS) is 1. The summed E-state index contributed by atoms with van der Waals surface area (Å²) < 4.78 is 13.6. The highest BCUT2D eigenvalue weighted by Gasteiger charge is 2.33. The molecule has 0 saturated heterocycles. The quantitative estimate of drug-likeness (QED) is 0.236. The fourth-order valence-corrected chi connectivity index (χ4v) is 5.61. The minimum Gasteiger partial charge on any atom is -0.481 e. The molecule has 2 N–H and O–H groups in total. The topological polar surface area (TPSA) is 79.3 Å². The van der Waals surface area contributed by atoms with Crippen LogP contribution in [0, 0.1) is 5.82 Å². The summed E-state index contributed by atoms with van der Waals surface area (Å²) in [5, 5.41) is 13.1. The average Bonchev–Trinajstić information content (AvgIpc) is 2.92. The highest BCUT2D eigenvalue weighted by atomic mass is 19.1. The molecule has 3 aromatic carbocycles. The van der Waals surface area contributed by atoms with Gasteiger partial charge >= 0.3 is 5.97 Å². The molecule has 0 saturated carbocycles. The molecule has 1 amide bonds. The third-order valence-corrected chi connectivity index (χ3v) is 7.79. The Morgan fingerprint density at radius 1 is 1.03 bits per heavy atom. The van der Waals surface area contributed by atoms with Gasteiger partial charge in [-0.05, 0) is 103 Å². The number of halogens is 1. The Hall–Kier alpha value is -4.06. The lowest BCUT2D eigenvalue weighted by molar-refractivity contribution is -0.137. The molecule has 5 nitrogen and oxygen atoms in total. The van der Waals surface area contributed by atoms with Crippen LogP contribution in [0.4, 0.5) is 4.39 Å². The van der Waals surface area contributed by atoms with Crippen LogP contribution in [0.3, 0.4) is 0 Å². The van der Waals surface area contributed by atoms with E-state index in [0.29, 0.717) is 24.8 Å². The number of unbranched alkanes of at least 4 members (excludes halogenated alkanes) is 1. The molecule has 1 heterocycles. The average molecular weight is 525 g/mol. The molecule has 1 aromatic heterocycles. The summed E-state index contributed by atoms with van der Waals surface area (Å²) in [7, 11) is 0. The number of aliphatic carboxylic acids is 1. The van der Waals surface area contributed by atoms with Gasteiger partial charge in [0.1, 0.15) is 5.82 Å². The third kappa shape index (κ3) is 5.85. The maximum Gasteiger partial charge on any atom is 0.303 e. The van der Waals surface area contributed by atoms with Gasteiger partial charge in [-0.25, -0.2) is 9.37 Å². The molecule has 4 aromatic rings. The van der Waals surface area contributed by atoms with E-state index in [-0.39, 0.29) is 29.6 Å². The zero-order valence-corrected chi connectivity index (χ0v) is 22.3. The maximum atomic E-state index is 13.6. The summed E-state index contributed by atoms with van der Waals surface area (Å²) in [5.74, 6) is -1.26. The molecule has 0 spiro atoms. The number of nitrogens with one attached hydrogen (secondary N) is 1. The van der Waals surface area contributed by atoms with Crippen molar-refractivity contribution in [2.45, 2.75) is 63.8 Å². The Morgan fingerprint density at radius 3 is 2.56 bits per heavy atom. The Kier molecular flexibility index (Phi) is 7.47. The normalized spacial score (nSPS) is 16.0. The lowest BCUT2D eigenvalue weighted by Gasteiger charge is -2.37. The molecule has 5 rings (SSSR count). The first-order valence-electron chi connectivity index (χ1n) is 13.5. The summed E-state index contributed by atoms with van der Waals surface area (Å²) >= 11 is 0. The molecule has 1 aliphatic rings. The van der Waals surface area contributed by atoms with Gasteiger partial charge in [0.25, 0.3) is 5.91 Å². The number of carbonyl (C=O) groups is 2. The van der Waals surface area contributed by atoms with Crippen molar-refractivity contribution in [3.63, 3.8) is 0 Å². The maximum absolute atomic E-state index is 13.6. The van der Waals surface area contributed by atoms with Gasteiger partial charge in [-0.3, -0.25) is 9.59 Å². The Bertz CT molecular complexity index is 1530. The zero-order chi connectivity index (χ0) is 27.6. The monoisotopic (exact) mass is 524 g/mol. The van der Waals surface area contributed by atoms with E-state index in [2.05, 4.69) is 37.4 Å². The Balaban J connectivity index is 1.44. The molecule has 0 radical (unpaired) electrons. The molecule has 1 aliphatic carbocycles. The second-order valence-corrected chi connectivity index (χ2v) is 11.0. The number of aryl methyl sites for hydroxylation is 1. The smallest absolute Gasteiger partial charge is 0.303 e.